The molecule has 0 unspecified atom stereocenters. The standard InChI is InChI=1S/C35H39FN8O3S/c1-20-12-24-23(14-39-42-24)25(27(20)33(2,3)16-37)28-29-22(6-8-38-28)26-30(43-10-11-46-18-34(4,45)17-43)40-32(41-31(26)48-29)47-19-35-7-5-9-44(35)15-21(36)13-35/h6,8,12,14,21,45H,5,7,9-11,13,15,17-19H2,1-4H3,(H,39,42)/t21-,34+,35+/m1/s1. The van der Waals surface area contributed by atoms with Crippen LogP contribution >= 0.6 is 11.3 Å². The Morgan fingerprint density at radius 2 is 2.15 bits per heavy atom. The molecule has 0 saturated carbocycles. The van der Waals surface area contributed by atoms with Gasteiger partial charge in [-0.1, -0.05) is 0 Å². The highest BCUT2D eigenvalue weighted by Crippen LogP contribution is 2.47. The SMILES string of the molecule is Cc1cc2[nH]ncc2c(-c2nccc3c2sc2nc(OC[C@@]45CCCN4C[C@H](F)C5)nc(N4CCOC[C@@](C)(O)C4)c23)c1C(C)(C)C#N. The molecule has 3 atom stereocenters. The number of hydrogen-bond donors (Lipinski definition) is 2. The summed E-state index contributed by atoms with van der Waals surface area (Å²) in [6, 6.07) is 6.74. The number of hydrogen-bond acceptors (Lipinski definition) is 11. The lowest BCUT2D eigenvalue weighted by Crippen LogP contribution is -2.43. The number of rotatable bonds is 6. The van der Waals surface area contributed by atoms with E-state index in [4.69, 9.17) is 24.4 Å². The Labute approximate surface area is 281 Å². The Bertz CT molecular complexity index is 2100. The van der Waals surface area contributed by atoms with Gasteiger partial charge >= 0.3 is 6.01 Å². The maximum absolute atomic E-state index is 14.6. The van der Waals surface area contributed by atoms with Gasteiger partial charge in [0.2, 0.25) is 0 Å². The first kappa shape index (κ1) is 31.3. The average Bonchev–Trinajstić information content (AvgIpc) is 3.79. The van der Waals surface area contributed by atoms with E-state index in [2.05, 4.69) is 26.1 Å². The Balaban J connectivity index is 1.33. The van der Waals surface area contributed by atoms with Crippen molar-refractivity contribution in [3.63, 3.8) is 0 Å². The molecule has 8 rings (SSSR count). The average molecular weight is 671 g/mol. The Hall–Kier alpha value is -3.96. The third kappa shape index (κ3) is 5.08. The number of benzene rings is 1. The molecule has 0 bridgehead atoms. The molecule has 3 aliphatic rings. The summed E-state index contributed by atoms with van der Waals surface area (Å²) in [6.45, 7) is 10.7. The number of H-pyrrole nitrogens is 1. The number of nitrogens with zero attached hydrogens (tertiary/aromatic N) is 7. The molecule has 48 heavy (non-hydrogen) atoms. The number of thiophene rings is 1. The quantitative estimate of drug-likeness (QED) is 0.241. The maximum Gasteiger partial charge on any atom is 0.319 e. The van der Waals surface area contributed by atoms with Gasteiger partial charge in [-0.25, -0.2) is 4.39 Å². The Kier molecular flexibility index (Phi) is 7.37. The molecule has 5 aromatic rings. The summed E-state index contributed by atoms with van der Waals surface area (Å²) >= 11 is 1.50. The first-order valence-electron chi connectivity index (χ1n) is 16.5. The zero-order valence-electron chi connectivity index (χ0n) is 27.6. The summed E-state index contributed by atoms with van der Waals surface area (Å²) in [5.41, 5.74) is 2.09. The fraction of sp³-hybridized carbons (Fsp3) is 0.514. The van der Waals surface area contributed by atoms with Crippen molar-refractivity contribution in [3.05, 3.63) is 35.7 Å². The largest absolute Gasteiger partial charge is 0.461 e. The lowest BCUT2D eigenvalue weighted by atomic mass is 9.78. The van der Waals surface area contributed by atoms with Crippen LogP contribution in [0.25, 0.3) is 42.5 Å². The molecule has 4 aromatic heterocycles. The normalized spacial score (nSPS) is 25.2. The van der Waals surface area contributed by atoms with Crippen molar-refractivity contribution in [2.45, 2.75) is 69.7 Å². The first-order valence-corrected chi connectivity index (χ1v) is 17.4. The van der Waals surface area contributed by atoms with Crippen LogP contribution in [0.3, 0.4) is 0 Å². The number of nitriles is 1. The number of fused-ring (bicyclic) bond motifs is 5. The van der Waals surface area contributed by atoms with E-state index in [1.165, 1.54) is 11.3 Å². The maximum atomic E-state index is 14.6. The monoisotopic (exact) mass is 670 g/mol. The molecule has 3 fully saturated rings. The van der Waals surface area contributed by atoms with E-state index in [9.17, 15) is 14.8 Å². The van der Waals surface area contributed by atoms with Crippen LogP contribution in [0.15, 0.2) is 24.5 Å². The van der Waals surface area contributed by atoms with Crippen LogP contribution < -0.4 is 9.64 Å². The summed E-state index contributed by atoms with van der Waals surface area (Å²) in [5.74, 6) is 0.648. The lowest BCUT2D eigenvalue weighted by molar-refractivity contribution is -0.0123. The molecule has 11 nitrogen and oxygen atoms in total. The van der Waals surface area contributed by atoms with Gasteiger partial charge in [0.25, 0.3) is 0 Å². The number of aromatic amines is 1. The van der Waals surface area contributed by atoms with Crippen molar-refractivity contribution in [2.24, 2.45) is 0 Å². The van der Waals surface area contributed by atoms with Crippen molar-refractivity contribution in [1.82, 2.24) is 30.0 Å². The smallest absolute Gasteiger partial charge is 0.319 e. The predicted octanol–water partition coefficient (Wildman–Crippen LogP) is 5.44. The second-order valence-electron chi connectivity index (χ2n) is 14.5. The van der Waals surface area contributed by atoms with E-state index in [-0.39, 0.29) is 18.2 Å². The summed E-state index contributed by atoms with van der Waals surface area (Å²) in [7, 11) is 0. The Morgan fingerprint density at radius 1 is 1.29 bits per heavy atom. The van der Waals surface area contributed by atoms with Gasteiger partial charge in [-0.3, -0.25) is 15.0 Å². The zero-order chi connectivity index (χ0) is 33.4. The molecule has 3 saturated heterocycles. The van der Waals surface area contributed by atoms with Gasteiger partial charge in [-0.15, -0.1) is 11.3 Å². The number of aromatic nitrogens is 5. The number of β-amino-alcohol motifs (C(OH)–C–C–N with tert-alkyl or cyclic N) is 1. The van der Waals surface area contributed by atoms with E-state index < -0.39 is 17.2 Å². The fourth-order valence-electron chi connectivity index (χ4n) is 8.20. The number of alkyl halides is 1. The van der Waals surface area contributed by atoms with Gasteiger partial charge in [0.1, 0.15) is 29.0 Å². The van der Waals surface area contributed by atoms with Crippen LogP contribution in [0.1, 0.15) is 51.2 Å². The number of pyridine rings is 1. The van der Waals surface area contributed by atoms with E-state index in [0.29, 0.717) is 45.1 Å². The molecule has 0 aliphatic carbocycles. The van der Waals surface area contributed by atoms with Crippen LogP contribution in [0.4, 0.5) is 10.2 Å². The number of ether oxygens (including phenoxy) is 2. The highest BCUT2D eigenvalue weighted by Gasteiger charge is 2.49. The van der Waals surface area contributed by atoms with Gasteiger partial charge in [-0.05, 0) is 70.3 Å². The number of halogens is 1. The minimum Gasteiger partial charge on any atom is -0.461 e. The minimum atomic E-state index is -1.09. The number of anilines is 1. The molecule has 0 spiro atoms. The van der Waals surface area contributed by atoms with Crippen molar-refractivity contribution in [3.8, 4) is 23.3 Å². The zero-order valence-corrected chi connectivity index (χ0v) is 28.5. The molecule has 250 valence electrons. The van der Waals surface area contributed by atoms with Crippen molar-refractivity contribution >= 4 is 48.4 Å². The van der Waals surface area contributed by atoms with E-state index in [1.54, 1.807) is 19.3 Å². The molecule has 1 aromatic carbocycles. The molecule has 0 radical (unpaired) electrons. The summed E-state index contributed by atoms with van der Waals surface area (Å²) in [5, 5.41) is 31.6. The van der Waals surface area contributed by atoms with Gasteiger partial charge in [0.05, 0.1) is 64.3 Å². The first-order chi connectivity index (χ1) is 23.0. The van der Waals surface area contributed by atoms with Crippen molar-refractivity contribution in [2.75, 3.05) is 50.9 Å². The van der Waals surface area contributed by atoms with Crippen LogP contribution in [0, 0.1) is 18.3 Å². The highest BCUT2D eigenvalue weighted by molar-refractivity contribution is 7.26. The predicted molar refractivity (Wildman–Crippen MR) is 183 cm³/mol. The molecule has 3 aliphatic heterocycles. The van der Waals surface area contributed by atoms with Gasteiger partial charge in [-0.2, -0.15) is 20.3 Å². The number of nitrogens with one attached hydrogen (secondary N) is 1. The van der Waals surface area contributed by atoms with E-state index in [0.717, 1.165) is 73.0 Å². The summed E-state index contributed by atoms with van der Waals surface area (Å²) < 4.78 is 27.6. The van der Waals surface area contributed by atoms with Crippen LogP contribution in [-0.4, -0.2) is 98.5 Å². The molecule has 0 amide bonds. The topological polar surface area (TPSA) is 136 Å². The van der Waals surface area contributed by atoms with Gasteiger partial charge in [0, 0.05) is 42.0 Å². The highest BCUT2D eigenvalue weighted by atomic mass is 32.1. The van der Waals surface area contributed by atoms with E-state index >= 15 is 0 Å². The second kappa shape index (κ2) is 11.3. The lowest BCUT2D eigenvalue weighted by Gasteiger charge is -2.31. The summed E-state index contributed by atoms with van der Waals surface area (Å²) in [6.07, 6.45) is 5.07. The third-order valence-electron chi connectivity index (χ3n) is 10.3. The van der Waals surface area contributed by atoms with Crippen LogP contribution in [-0.2, 0) is 10.2 Å². The molecular formula is C35H39FN8O3S. The van der Waals surface area contributed by atoms with Crippen LogP contribution in [0.2, 0.25) is 0 Å². The number of aryl methyl sites for hydroxylation is 1. The van der Waals surface area contributed by atoms with E-state index in [1.807, 2.05) is 32.9 Å². The molecule has 2 N–H and O–H groups in total. The number of aliphatic hydroxyl groups is 1. The molecular weight excluding hydrogens is 632 g/mol. The van der Waals surface area contributed by atoms with Crippen molar-refractivity contribution in [1.29, 1.82) is 5.26 Å². The van der Waals surface area contributed by atoms with Gasteiger partial charge in [0.15, 0.2) is 0 Å². The second-order valence-corrected chi connectivity index (χ2v) is 15.5. The molecule has 7 heterocycles. The van der Waals surface area contributed by atoms with Crippen LogP contribution in [0.5, 0.6) is 6.01 Å². The van der Waals surface area contributed by atoms with Crippen molar-refractivity contribution < 1.29 is 19.0 Å². The minimum absolute atomic E-state index is 0.216. The summed E-state index contributed by atoms with van der Waals surface area (Å²) in [4.78, 5) is 19.9. The Morgan fingerprint density at radius 3 is 2.98 bits per heavy atom. The fourth-order valence-corrected chi connectivity index (χ4v) is 9.35. The third-order valence-corrected chi connectivity index (χ3v) is 11.4. The molecule has 13 heteroatoms. The van der Waals surface area contributed by atoms with Gasteiger partial charge < -0.3 is 19.5 Å².